The van der Waals surface area contributed by atoms with Gasteiger partial charge in [0, 0.05) is 22.3 Å². The molecule has 0 amide bonds. The van der Waals surface area contributed by atoms with Gasteiger partial charge in [0.2, 0.25) is 0 Å². The molecule has 0 saturated carbocycles. The summed E-state index contributed by atoms with van der Waals surface area (Å²) in [6, 6.07) is 9.05. The lowest BCUT2D eigenvalue weighted by Gasteiger charge is -2.25. The summed E-state index contributed by atoms with van der Waals surface area (Å²) in [5.41, 5.74) is 1.42. The molecule has 0 unspecified atom stereocenters. The molecule has 2 heteroatoms. The molecular weight excluding hydrogens is 357 g/mol. The Balaban J connectivity index is 1.90. The van der Waals surface area contributed by atoms with Crippen molar-refractivity contribution in [2.24, 2.45) is 0 Å². The van der Waals surface area contributed by atoms with Crippen LogP contribution in [0.3, 0.4) is 0 Å². The minimum Gasteiger partial charge on any atom is -0.372 e. The van der Waals surface area contributed by atoms with Crippen LogP contribution < -0.4 is 4.90 Å². The highest BCUT2D eigenvalue weighted by molar-refractivity contribution is 14.1. The van der Waals surface area contributed by atoms with Crippen molar-refractivity contribution in [1.82, 2.24) is 0 Å². The van der Waals surface area contributed by atoms with E-state index < -0.39 is 0 Å². The van der Waals surface area contributed by atoms with E-state index >= 15 is 0 Å². The summed E-state index contributed by atoms with van der Waals surface area (Å²) >= 11 is 2.39. The van der Waals surface area contributed by atoms with Crippen LogP contribution in [-0.4, -0.2) is 13.1 Å². The zero-order valence-corrected chi connectivity index (χ0v) is 14.8. The predicted molar refractivity (Wildman–Crippen MR) is 97.5 cm³/mol. The number of rotatable bonds is 1. The number of halogens is 1. The molecule has 1 aliphatic heterocycles. The van der Waals surface area contributed by atoms with Gasteiger partial charge in [0.05, 0.1) is 0 Å². The van der Waals surface area contributed by atoms with Crippen molar-refractivity contribution in [3.05, 3.63) is 27.8 Å². The quantitative estimate of drug-likeness (QED) is 0.535. The Kier molecular flexibility index (Phi) is 7.78. The molecule has 0 aliphatic carbocycles. The number of benzene rings is 1. The predicted octanol–water partition coefficient (Wildman–Crippen LogP) is 6.01. The summed E-state index contributed by atoms with van der Waals surface area (Å²) in [6.07, 6.45) is 14.2. The minimum absolute atomic E-state index is 1.24. The fourth-order valence-corrected chi connectivity index (χ4v) is 3.40. The van der Waals surface area contributed by atoms with E-state index in [0.29, 0.717) is 0 Å². The third kappa shape index (κ3) is 6.02. The van der Waals surface area contributed by atoms with Gasteiger partial charge in [0.25, 0.3) is 0 Å². The van der Waals surface area contributed by atoms with E-state index in [9.17, 15) is 0 Å². The van der Waals surface area contributed by atoms with Gasteiger partial charge in [0.15, 0.2) is 0 Å². The van der Waals surface area contributed by atoms with Crippen LogP contribution in [0.2, 0.25) is 0 Å². The van der Waals surface area contributed by atoms with E-state index in [1.165, 1.54) is 86.6 Å². The van der Waals surface area contributed by atoms with Crippen molar-refractivity contribution in [2.45, 2.75) is 64.2 Å². The highest BCUT2D eigenvalue weighted by Crippen LogP contribution is 2.19. The van der Waals surface area contributed by atoms with Gasteiger partial charge in [-0.1, -0.05) is 51.4 Å². The molecule has 1 heterocycles. The average molecular weight is 385 g/mol. The maximum atomic E-state index is 2.61. The summed E-state index contributed by atoms with van der Waals surface area (Å²) in [5.74, 6) is 0. The summed E-state index contributed by atoms with van der Waals surface area (Å²) in [5, 5.41) is 0. The third-order valence-electron chi connectivity index (χ3n) is 4.30. The van der Waals surface area contributed by atoms with Crippen molar-refractivity contribution < 1.29 is 0 Å². The van der Waals surface area contributed by atoms with Gasteiger partial charge in [-0.05, 0) is 59.7 Å². The van der Waals surface area contributed by atoms with Crippen molar-refractivity contribution in [3.63, 3.8) is 0 Å². The number of hydrogen-bond acceptors (Lipinski definition) is 1. The second-order valence-electron chi connectivity index (χ2n) is 6.00. The molecule has 2 rings (SSSR count). The molecule has 20 heavy (non-hydrogen) atoms. The first kappa shape index (κ1) is 16.1. The molecule has 1 aromatic carbocycles. The Morgan fingerprint density at radius 1 is 0.600 bits per heavy atom. The summed E-state index contributed by atoms with van der Waals surface area (Å²) in [4.78, 5) is 2.61. The highest BCUT2D eigenvalue weighted by Gasteiger charge is 2.07. The molecule has 1 aliphatic rings. The topological polar surface area (TPSA) is 3.24 Å². The standard InChI is InChI=1S/C18H28IN/c19-17-11-13-18(14-12-17)20-15-9-7-5-3-1-2-4-6-8-10-16-20/h11-14H,1-10,15-16H2. The van der Waals surface area contributed by atoms with Crippen LogP contribution in [0, 0.1) is 3.57 Å². The fraction of sp³-hybridized carbons (Fsp3) is 0.667. The third-order valence-corrected chi connectivity index (χ3v) is 5.02. The van der Waals surface area contributed by atoms with Gasteiger partial charge in [-0.15, -0.1) is 0 Å². The monoisotopic (exact) mass is 385 g/mol. The van der Waals surface area contributed by atoms with Gasteiger partial charge < -0.3 is 4.90 Å². The fourth-order valence-electron chi connectivity index (χ4n) is 3.04. The Morgan fingerprint density at radius 3 is 1.45 bits per heavy atom. The highest BCUT2D eigenvalue weighted by atomic mass is 127. The lowest BCUT2D eigenvalue weighted by molar-refractivity contribution is 0.566. The summed E-state index contributed by atoms with van der Waals surface area (Å²) < 4.78 is 1.33. The SMILES string of the molecule is Ic1ccc(N2CCCCCCCCCCCC2)cc1. The van der Waals surface area contributed by atoms with Crippen LogP contribution in [0.4, 0.5) is 5.69 Å². The first-order valence-corrected chi connectivity index (χ1v) is 9.45. The maximum absolute atomic E-state index is 2.61. The molecule has 0 aromatic heterocycles. The Labute approximate surface area is 138 Å². The van der Waals surface area contributed by atoms with Crippen LogP contribution >= 0.6 is 22.6 Å². The second-order valence-corrected chi connectivity index (χ2v) is 7.24. The van der Waals surface area contributed by atoms with Crippen molar-refractivity contribution >= 4 is 28.3 Å². The maximum Gasteiger partial charge on any atom is 0.0366 e. The number of nitrogens with zero attached hydrogens (tertiary/aromatic N) is 1. The first-order valence-electron chi connectivity index (χ1n) is 8.37. The van der Waals surface area contributed by atoms with Gasteiger partial charge in [0.1, 0.15) is 0 Å². The number of anilines is 1. The molecular formula is C18H28IN. The molecule has 1 saturated heterocycles. The van der Waals surface area contributed by atoms with Crippen molar-refractivity contribution in [3.8, 4) is 0 Å². The van der Waals surface area contributed by atoms with Crippen LogP contribution in [0.1, 0.15) is 64.2 Å². The van der Waals surface area contributed by atoms with E-state index in [1.807, 2.05) is 0 Å². The second kappa shape index (κ2) is 9.64. The zero-order chi connectivity index (χ0) is 14.0. The lowest BCUT2D eigenvalue weighted by Crippen LogP contribution is -2.25. The molecule has 1 fully saturated rings. The van der Waals surface area contributed by atoms with Gasteiger partial charge in [-0.25, -0.2) is 0 Å². The average Bonchev–Trinajstić information content (AvgIpc) is 2.49. The Morgan fingerprint density at radius 2 is 1.00 bits per heavy atom. The van der Waals surface area contributed by atoms with Crippen molar-refractivity contribution in [1.29, 1.82) is 0 Å². The molecule has 0 radical (unpaired) electrons. The summed E-state index contributed by atoms with van der Waals surface area (Å²) in [6.45, 7) is 2.47. The Bertz CT molecular complexity index is 346. The minimum atomic E-state index is 1.24. The van der Waals surface area contributed by atoms with Gasteiger partial charge in [-0.2, -0.15) is 0 Å². The van der Waals surface area contributed by atoms with Gasteiger partial charge in [-0.3, -0.25) is 0 Å². The molecule has 1 nitrogen and oxygen atoms in total. The largest absolute Gasteiger partial charge is 0.372 e. The van der Waals surface area contributed by atoms with E-state index in [2.05, 4.69) is 51.8 Å². The molecule has 0 bridgehead atoms. The van der Waals surface area contributed by atoms with Crippen LogP contribution in [0.25, 0.3) is 0 Å². The normalized spacial score (nSPS) is 19.8. The Hall–Kier alpha value is -0.250. The zero-order valence-electron chi connectivity index (χ0n) is 12.6. The van der Waals surface area contributed by atoms with E-state index in [-0.39, 0.29) is 0 Å². The van der Waals surface area contributed by atoms with E-state index in [4.69, 9.17) is 0 Å². The molecule has 112 valence electrons. The molecule has 0 spiro atoms. The molecule has 0 atom stereocenters. The smallest absolute Gasteiger partial charge is 0.0366 e. The van der Waals surface area contributed by atoms with Crippen LogP contribution in [-0.2, 0) is 0 Å². The lowest BCUT2D eigenvalue weighted by atomic mass is 10.1. The van der Waals surface area contributed by atoms with Crippen LogP contribution in [0.15, 0.2) is 24.3 Å². The number of hydrogen-bond donors (Lipinski definition) is 0. The first-order chi connectivity index (χ1) is 9.86. The summed E-state index contributed by atoms with van der Waals surface area (Å²) in [7, 11) is 0. The van der Waals surface area contributed by atoms with Crippen molar-refractivity contribution in [2.75, 3.05) is 18.0 Å². The molecule has 0 N–H and O–H groups in total. The van der Waals surface area contributed by atoms with E-state index in [0.717, 1.165) is 0 Å². The van der Waals surface area contributed by atoms with Crippen LogP contribution in [0.5, 0.6) is 0 Å². The van der Waals surface area contributed by atoms with E-state index in [1.54, 1.807) is 0 Å². The van der Waals surface area contributed by atoms with Gasteiger partial charge >= 0.3 is 0 Å². The molecule has 1 aromatic rings.